The summed E-state index contributed by atoms with van der Waals surface area (Å²) in [4.78, 5) is 30.2. The van der Waals surface area contributed by atoms with Crippen LogP contribution in [0, 0.1) is 0 Å². The van der Waals surface area contributed by atoms with E-state index in [4.69, 9.17) is 5.73 Å². The lowest BCUT2D eigenvalue weighted by atomic mass is 10.0. The van der Waals surface area contributed by atoms with Crippen molar-refractivity contribution in [3.8, 4) is 0 Å². The molecule has 0 saturated carbocycles. The van der Waals surface area contributed by atoms with Gasteiger partial charge >= 0.3 is 0 Å². The minimum atomic E-state index is 0. The first-order chi connectivity index (χ1) is 10.1. The van der Waals surface area contributed by atoms with Crippen LogP contribution in [0.4, 0.5) is 0 Å². The average molecular weight is 333 g/mol. The Kier molecular flexibility index (Phi) is 8.14. The summed E-state index contributed by atoms with van der Waals surface area (Å²) in [6.07, 6.45) is 3.89. The highest BCUT2D eigenvalue weighted by atomic mass is 35.5. The Hall–Kier alpha value is -0.850. The van der Waals surface area contributed by atoms with Crippen molar-refractivity contribution in [1.82, 2.24) is 14.7 Å². The summed E-state index contributed by atoms with van der Waals surface area (Å²) in [6.45, 7) is 6.92. The molecule has 6 nitrogen and oxygen atoms in total. The fourth-order valence-electron chi connectivity index (χ4n) is 3.19. The number of piperidine rings is 1. The zero-order chi connectivity index (χ0) is 15.2. The SMILES string of the molecule is CC1CCCCN1C(=O)CN1CCN(C(=O)CCN)CC1.Cl. The van der Waals surface area contributed by atoms with Crippen LogP contribution in [0.1, 0.15) is 32.6 Å². The molecule has 2 amide bonds. The summed E-state index contributed by atoms with van der Waals surface area (Å²) in [5.74, 6) is 0.372. The Morgan fingerprint density at radius 2 is 1.73 bits per heavy atom. The summed E-state index contributed by atoms with van der Waals surface area (Å²) in [5, 5.41) is 0. The lowest BCUT2D eigenvalue weighted by molar-refractivity contribution is -0.137. The van der Waals surface area contributed by atoms with Gasteiger partial charge in [-0.05, 0) is 26.2 Å². The largest absolute Gasteiger partial charge is 0.340 e. The second-order valence-electron chi connectivity index (χ2n) is 6.13. The molecule has 2 saturated heterocycles. The second kappa shape index (κ2) is 9.33. The van der Waals surface area contributed by atoms with Crippen molar-refractivity contribution >= 4 is 24.2 Å². The maximum atomic E-state index is 12.4. The van der Waals surface area contributed by atoms with Gasteiger partial charge in [-0.25, -0.2) is 0 Å². The Bertz CT molecular complexity index is 373. The fourth-order valence-corrected chi connectivity index (χ4v) is 3.19. The van der Waals surface area contributed by atoms with Crippen molar-refractivity contribution in [2.24, 2.45) is 5.73 Å². The van der Waals surface area contributed by atoms with E-state index < -0.39 is 0 Å². The normalized spacial score (nSPS) is 23.1. The van der Waals surface area contributed by atoms with E-state index in [1.807, 2.05) is 9.80 Å². The smallest absolute Gasteiger partial charge is 0.236 e. The van der Waals surface area contributed by atoms with E-state index in [1.165, 1.54) is 6.42 Å². The number of carbonyl (C=O) groups is 2. The molecule has 0 aliphatic carbocycles. The molecular formula is C15H29ClN4O2. The van der Waals surface area contributed by atoms with Gasteiger partial charge in [0.1, 0.15) is 0 Å². The predicted octanol–water partition coefficient (Wildman–Crippen LogP) is 0.302. The van der Waals surface area contributed by atoms with Gasteiger partial charge in [0.2, 0.25) is 11.8 Å². The van der Waals surface area contributed by atoms with Gasteiger partial charge < -0.3 is 15.5 Å². The van der Waals surface area contributed by atoms with Crippen LogP contribution < -0.4 is 5.73 Å². The third-order valence-electron chi connectivity index (χ3n) is 4.57. The zero-order valence-electron chi connectivity index (χ0n) is 13.5. The van der Waals surface area contributed by atoms with Gasteiger partial charge in [-0.3, -0.25) is 14.5 Å². The third-order valence-corrected chi connectivity index (χ3v) is 4.57. The highest BCUT2D eigenvalue weighted by molar-refractivity contribution is 5.85. The van der Waals surface area contributed by atoms with Crippen LogP contribution in [0.3, 0.4) is 0 Å². The van der Waals surface area contributed by atoms with E-state index in [0.29, 0.717) is 38.6 Å². The Morgan fingerprint density at radius 3 is 2.32 bits per heavy atom. The number of hydrogen-bond donors (Lipinski definition) is 1. The van der Waals surface area contributed by atoms with Crippen LogP contribution in [-0.2, 0) is 9.59 Å². The molecule has 128 valence electrons. The van der Waals surface area contributed by atoms with E-state index in [9.17, 15) is 9.59 Å². The number of carbonyl (C=O) groups excluding carboxylic acids is 2. The van der Waals surface area contributed by atoms with Crippen molar-refractivity contribution < 1.29 is 9.59 Å². The molecule has 2 aliphatic heterocycles. The maximum Gasteiger partial charge on any atom is 0.236 e. The molecule has 0 aromatic heterocycles. The van der Waals surface area contributed by atoms with Crippen LogP contribution >= 0.6 is 12.4 Å². The molecule has 0 radical (unpaired) electrons. The van der Waals surface area contributed by atoms with Crippen molar-refractivity contribution in [2.45, 2.75) is 38.6 Å². The summed E-state index contributed by atoms with van der Waals surface area (Å²) >= 11 is 0. The van der Waals surface area contributed by atoms with Crippen LogP contribution in [0.15, 0.2) is 0 Å². The first-order valence-corrected chi connectivity index (χ1v) is 8.11. The first kappa shape index (κ1) is 19.2. The monoisotopic (exact) mass is 332 g/mol. The number of piperazine rings is 1. The molecule has 0 aromatic carbocycles. The Labute approximate surface area is 139 Å². The number of halogens is 1. The van der Waals surface area contributed by atoms with E-state index >= 15 is 0 Å². The standard InChI is InChI=1S/C15H28N4O2.ClH/c1-13-4-2-3-7-19(13)15(21)12-17-8-10-18(11-9-17)14(20)5-6-16;/h13H,2-12,16H2,1H3;1H. The van der Waals surface area contributed by atoms with Gasteiger partial charge in [0.05, 0.1) is 6.54 Å². The number of hydrogen-bond acceptors (Lipinski definition) is 4. The number of rotatable bonds is 4. The fraction of sp³-hybridized carbons (Fsp3) is 0.867. The maximum absolute atomic E-state index is 12.4. The number of amides is 2. The third kappa shape index (κ3) is 5.11. The molecule has 2 fully saturated rings. The van der Waals surface area contributed by atoms with E-state index in [-0.39, 0.29) is 24.2 Å². The van der Waals surface area contributed by atoms with E-state index in [2.05, 4.69) is 11.8 Å². The molecule has 2 N–H and O–H groups in total. The molecule has 22 heavy (non-hydrogen) atoms. The first-order valence-electron chi connectivity index (χ1n) is 8.11. The molecule has 0 aromatic rings. The number of nitrogens with two attached hydrogens (primary N) is 1. The summed E-state index contributed by atoms with van der Waals surface area (Å²) in [5.41, 5.74) is 5.42. The van der Waals surface area contributed by atoms with Gasteiger partial charge in [-0.2, -0.15) is 0 Å². The van der Waals surface area contributed by atoms with Crippen LogP contribution in [-0.4, -0.2) is 78.4 Å². The molecule has 2 heterocycles. The molecule has 0 spiro atoms. The molecule has 0 bridgehead atoms. The van der Waals surface area contributed by atoms with Crippen molar-refractivity contribution in [2.75, 3.05) is 45.8 Å². The minimum Gasteiger partial charge on any atom is -0.340 e. The van der Waals surface area contributed by atoms with Crippen molar-refractivity contribution in [3.05, 3.63) is 0 Å². The zero-order valence-corrected chi connectivity index (χ0v) is 14.3. The lowest BCUT2D eigenvalue weighted by Gasteiger charge is -2.38. The quantitative estimate of drug-likeness (QED) is 0.804. The molecule has 1 atom stereocenters. The Balaban J connectivity index is 0.00000242. The summed E-state index contributed by atoms with van der Waals surface area (Å²) in [6, 6.07) is 0.374. The second-order valence-corrected chi connectivity index (χ2v) is 6.13. The van der Waals surface area contributed by atoms with Gasteiger partial charge in [-0.1, -0.05) is 0 Å². The van der Waals surface area contributed by atoms with Crippen LogP contribution in [0.5, 0.6) is 0 Å². The van der Waals surface area contributed by atoms with Crippen molar-refractivity contribution in [1.29, 1.82) is 0 Å². The molecule has 2 aliphatic rings. The molecule has 2 rings (SSSR count). The summed E-state index contributed by atoms with van der Waals surface area (Å²) in [7, 11) is 0. The highest BCUT2D eigenvalue weighted by Gasteiger charge is 2.27. The van der Waals surface area contributed by atoms with Gasteiger partial charge in [-0.15, -0.1) is 12.4 Å². The van der Waals surface area contributed by atoms with E-state index in [0.717, 1.165) is 32.5 Å². The minimum absolute atomic E-state index is 0. The van der Waals surface area contributed by atoms with Gasteiger partial charge in [0, 0.05) is 51.7 Å². The average Bonchev–Trinajstić information content (AvgIpc) is 2.48. The predicted molar refractivity (Wildman–Crippen MR) is 89.0 cm³/mol. The lowest BCUT2D eigenvalue weighted by Crippen LogP contribution is -2.53. The Morgan fingerprint density at radius 1 is 1.05 bits per heavy atom. The number of likely N-dealkylation sites (tertiary alicyclic amines) is 1. The van der Waals surface area contributed by atoms with Gasteiger partial charge in [0.15, 0.2) is 0 Å². The van der Waals surface area contributed by atoms with Gasteiger partial charge in [0.25, 0.3) is 0 Å². The van der Waals surface area contributed by atoms with Crippen LogP contribution in [0.25, 0.3) is 0 Å². The highest BCUT2D eigenvalue weighted by Crippen LogP contribution is 2.17. The van der Waals surface area contributed by atoms with Crippen LogP contribution in [0.2, 0.25) is 0 Å². The van der Waals surface area contributed by atoms with E-state index in [1.54, 1.807) is 0 Å². The molecule has 1 unspecified atom stereocenters. The topological polar surface area (TPSA) is 69.9 Å². The molecular weight excluding hydrogens is 304 g/mol. The van der Waals surface area contributed by atoms with Crippen molar-refractivity contribution in [3.63, 3.8) is 0 Å². The molecule has 7 heteroatoms. The summed E-state index contributed by atoms with van der Waals surface area (Å²) < 4.78 is 0. The number of nitrogens with zero attached hydrogens (tertiary/aromatic N) is 3.